The number of ketones is 1. The van der Waals surface area contributed by atoms with E-state index in [1.54, 1.807) is 0 Å². The number of hydrogen-bond acceptors (Lipinski definition) is 2. The lowest BCUT2D eigenvalue weighted by molar-refractivity contribution is -0.125. The Kier molecular flexibility index (Phi) is 5.99. The maximum absolute atomic E-state index is 11.4. The number of Topliss-reactive ketones (excluding diaryl/α,β-unsaturated/α-hetero) is 1. The lowest BCUT2D eigenvalue weighted by atomic mass is 9.92. The summed E-state index contributed by atoms with van der Waals surface area (Å²) in [5.74, 6) is 0.779. The first-order valence-electron chi connectivity index (χ1n) is 4.83. The Morgan fingerprint density at radius 2 is 1.83 bits per heavy atom. The smallest absolute Gasteiger partial charge is 0.138 e. The standard InChI is InChI=1S/C10H21NO/c1-8(2)10(12)9(3)6-4-5-7-11/h8-9H,4-7,11H2,1-3H3/t9-/m0/s1. The minimum atomic E-state index is 0.179. The third-order valence-electron chi connectivity index (χ3n) is 2.15. The largest absolute Gasteiger partial charge is 0.330 e. The van der Waals surface area contributed by atoms with Crippen LogP contribution in [-0.4, -0.2) is 12.3 Å². The lowest BCUT2D eigenvalue weighted by Gasteiger charge is -2.11. The molecule has 0 radical (unpaired) electrons. The fraction of sp³-hybridized carbons (Fsp3) is 0.900. The molecule has 0 aliphatic rings. The molecule has 72 valence electrons. The molecule has 0 amide bonds. The Morgan fingerprint density at radius 3 is 2.25 bits per heavy atom. The summed E-state index contributed by atoms with van der Waals surface area (Å²) >= 11 is 0. The molecule has 2 heteroatoms. The van der Waals surface area contributed by atoms with Gasteiger partial charge < -0.3 is 5.73 Å². The first-order valence-corrected chi connectivity index (χ1v) is 4.83. The Bertz CT molecular complexity index is 132. The number of rotatable bonds is 6. The van der Waals surface area contributed by atoms with E-state index in [2.05, 4.69) is 0 Å². The van der Waals surface area contributed by atoms with Crippen molar-refractivity contribution in [3.8, 4) is 0 Å². The maximum atomic E-state index is 11.4. The van der Waals surface area contributed by atoms with Gasteiger partial charge >= 0.3 is 0 Å². The molecule has 0 spiro atoms. The Hall–Kier alpha value is -0.370. The number of nitrogens with two attached hydrogens (primary N) is 1. The summed E-state index contributed by atoms with van der Waals surface area (Å²) in [6.07, 6.45) is 3.11. The van der Waals surface area contributed by atoms with Crippen molar-refractivity contribution < 1.29 is 4.79 Å². The molecule has 12 heavy (non-hydrogen) atoms. The summed E-state index contributed by atoms with van der Waals surface area (Å²) in [5.41, 5.74) is 5.37. The van der Waals surface area contributed by atoms with Crippen LogP contribution >= 0.6 is 0 Å². The second-order valence-electron chi connectivity index (χ2n) is 3.74. The molecule has 0 aliphatic heterocycles. The van der Waals surface area contributed by atoms with Gasteiger partial charge in [0.25, 0.3) is 0 Å². The normalized spacial score (nSPS) is 13.4. The Morgan fingerprint density at radius 1 is 1.25 bits per heavy atom. The molecule has 0 fully saturated rings. The molecule has 0 heterocycles. The van der Waals surface area contributed by atoms with Crippen LogP contribution in [0.2, 0.25) is 0 Å². The number of carbonyl (C=O) groups is 1. The number of carbonyl (C=O) groups excluding carboxylic acids is 1. The van der Waals surface area contributed by atoms with Gasteiger partial charge in [-0.1, -0.05) is 27.2 Å². The fourth-order valence-electron chi connectivity index (χ4n) is 1.31. The summed E-state index contributed by atoms with van der Waals surface area (Å²) < 4.78 is 0. The van der Waals surface area contributed by atoms with E-state index in [-0.39, 0.29) is 11.8 Å². The molecule has 0 unspecified atom stereocenters. The highest BCUT2D eigenvalue weighted by Crippen LogP contribution is 2.13. The van der Waals surface area contributed by atoms with Crippen LogP contribution < -0.4 is 5.73 Å². The molecule has 2 nitrogen and oxygen atoms in total. The quantitative estimate of drug-likeness (QED) is 0.621. The Balaban J connectivity index is 3.57. The minimum absolute atomic E-state index is 0.179. The highest BCUT2D eigenvalue weighted by atomic mass is 16.1. The van der Waals surface area contributed by atoms with Crippen LogP contribution in [0.25, 0.3) is 0 Å². The van der Waals surface area contributed by atoms with Gasteiger partial charge in [-0.25, -0.2) is 0 Å². The van der Waals surface area contributed by atoms with Gasteiger partial charge in [0, 0.05) is 11.8 Å². The molecule has 0 aliphatic carbocycles. The van der Waals surface area contributed by atoms with Crippen LogP contribution in [0.15, 0.2) is 0 Å². The Labute approximate surface area is 75.5 Å². The fourth-order valence-corrected chi connectivity index (χ4v) is 1.31. The van der Waals surface area contributed by atoms with Crippen LogP contribution in [-0.2, 0) is 4.79 Å². The van der Waals surface area contributed by atoms with Crippen molar-refractivity contribution in [3.05, 3.63) is 0 Å². The summed E-state index contributed by atoms with van der Waals surface area (Å²) in [6.45, 7) is 6.67. The van der Waals surface area contributed by atoms with Crippen molar-refractivity contribution in [2.45, 2.75) is 40.0 Å². The summed E-state index contributed by atoms with van der Waals surface area (Å²) in [4.78, 5) is 11.4. The molecule has 0 saturated carbocycles. The summed E-state index contributed by atoms with van der Waals surface area (Å²) in [5, 5.41) is 0. The zero-order valence-electron chi connectivity index (χ0n) is 8.47. The molecule has 2 N–H and O–H groups in total. The van der Waals surface area contributed by atoms with Gasteiger partial charge in [0.15, 0.2) is 0 Å². The van der Waals surface area contributed by atoms with Crippen molar-refractivity contribution >= 4 is 5.78 Å². The second kappa shape index (κ2) is 6.18. The third kappa shape index (κ3) is 4.50. The minimum Gasteiger partial charge on any atom is -0.330 e. The zero-order chi connectivity index (χ0) is 9.56. The number of unbranched alkanes of at least 4 members (excludes halogenated alkanes) is 1. The predicted molar refractivity (Wildman–Crippen MR) is 51.9 cm³/mol. The van der Waals surface area contributed by atoms with E-state index in [1.165, 1.54) is 0 Å². The van der Waals surface area contributed by atoms with E-state index in [0.717, 1.165) is 25.8 Å². The van der Waals surface area contributed by atoms with Crippen molar-refractivity contribution in [2.24, 2.45) is 17.6 Å². The molecule has 0 saturated heterocycles. The summed E-state index contributed by atoms with van der Waals surface area (Å²) in [6, 6.07) is 0. The van der Waals surface area contributed by atoms with Gasteiger partial charge in [0.05, 0.1) is 0 Å². The lowest BCUT2D eigenvalue weighted by Crippen LogP contribution is -2.17. The average molecular weight is 171 g/mol. The molecular weight excluding hydrogens is 150 g/mol. The highest BCUT2D eigenvalue weighted by molar-refractivity contribution is 5.82. The van der Waals surface area contributed by atoms with Gasteiger partial charge in [0.1, 0.15) is 5.78 Å². The monoisotopic (exact) mass is 171 g/mol. The SMILES string of the molecule is CC(C)C(=O)[C@@H](C)CCCCN. The van der Waals surface area contributed by atoms with Crippen molar-refractivity contribution in [1.82, 2.24) is 0 Å². The third-order valence-corrected chi connectivity index (χ3v) is 2.15. The average Bonchev–Trinajstić information content (AvgIpc) is 2.03. The molecule has 0 aromatic heterocycles. The molecular formula is C10H21NO. The van der Waals surface area contributed by atoms with Gasteiger partial charge in [-0.15, -0.1) is 0 Å². The van der Waals surface area contributed by atoms with Gasteiger partial charge in [-0.05, 0) is 19.4 Å². The van der Waals surface area contributed by atoms with E-state index >= 15 is 0 Å². The van der Waals surface area contributed by atoms with E-state index < -0.39 is 0 Å². The molecule has 0 aromatic rings. The van der Waals surface area contributed by atoms with Crippen LogP contribution in [0.3, 0.4) is 0 Å². The molecule has 0 rings (SSSR count). The van der Waals surface area contributed by atoms with Gasteiger partial charge in [-0.3, -0.25) is 4.79 Å². The van der Waals surface area contributed by atoms with Crippen molar-refractivity contribution in [2.75, 3.05) is 6.54 Å². The maximum Gasteiger partial charge on any atom is 0.138 e. The van der Waals surface area contributed by atoms with Crippen LogP contribution in [0.4, 0.5) is 0 Å². The van der Waals surface area contributed by atoms with E-state index in [4.69, 9.17) is 5.73 Å². The van der Waals surface area contributed by atoms with E-state index in [0.29, 0.717) is 5.78 Å². The topological polar surface area (TPSA) is 43.1 Å². The second-order valence-corrected chi connectivity index (χ2v) is 3.74. The molecule has 0 aromatic carbocycles. The number of hydrogen-bond donors (Lipinski definition) is 1. The predicted octanol–water partition coefficient (Wildman–Crippen LogP) is 1.98. The van der Waals surface area contributed by atoms with Crippen LogP contribution in [0.5, 0.6) is 0 Å². The van der Waals surface area contributed by atoms with Gasteiger partial charge in [0.2, 0.25) is 0 Å². The van der Waals surface area contributed by atoms with Crippen LogP contribution in [0, 0.1) is 11.8 Å². The first-order chi connectivity index (χ1) is 5.59. The molecule has 0 bridgehead atoms. The van der Waals surface area contributed by atoms with Crippen LogP contribution in [0.1, 0.15) is 40.0 Å². The van der Waals surface area contributed by atoms with E-state index in [1.807, 2.05) is 20.8 Å². The highest BCUT2D eigenvalue weighted by Gasteiger charge is 2.15. The van der Waals surface area contributed by atoms with Gasteiger partial charge in [-0.2, -0.15) is 0 Å². The molecule has 1 atom stereocenters. The van der Waals surface area contributed by atoms with Crippen molar-refractivity contribution in [3.63, 3.8) is 0 Å². The van der Waals surface area contributed by atoms with Crippen molar-refractivity contribution in [1.29, 1.82) is 0 Å². The first kappa shape index (κ1) is 11.6. The zero-order valence-corrected chi connectivity index (χ0v) is 8.47. The summed E-state index contributed by atoms with van der Waals surface area (Å²) in [7, 11) is 0. The van der Waals surface area contributed by atoms with E-state index in [9.17, 15) is 4.79 Å².